The number of hydrogen-bond acceptors (Lipinski definition) is 3. The number of rotatable bonds is 6. The predicted molar refractivity (Wildman–Crippen MR) is 83.7 cm³/mol. The molecule has 0 atom stereocenters. The molecule has 0 radical (unpaired) electrons. The molecular weight excluding hydrogens is 284 g/mol. The minimum absolute atomic E-state index is 0.0364. The third-order valence-electron chi connectivity index (χ3n) is 4.72. The normalized spacial score (nSPS) is 20.5. The highest BCUT2D eigenvalue weighted by molar-refractivity contribution is 7.99. The molecule has 0 spiro atoms. The van der Waals surface area contributed by atoms with Crippen LogP contribution in [0.2, 0.25) is 0 Å². The highest BCUT2D eigenvalue weighted by atomic mass is 32.2. The molecule has 0 bridgehead atoms. The zero-order valence-corrected chi connectivity index (χ0v) is 13.9. The van der Waals surface area contributed by atoms with Crippen molar-refractivity contribution < 1.29 is 9.90 Å². The highest BCUT2D eigenvalue weighted by Crippen LogP contribution is 2.62. The first-order valence-corrected chi connectivity index (χ1v) is 8.71. The molecule has 0 saturated heterocycles. The lowest BCUT2D eigenvalue weighted by Gasteiger charge is -2.25. The Morgan fingerprint density at radius 3 is 2.62 bits per heavy atom. The van der Waals surface area contributed by atoms with E-state index in [1.54, 1.807) is 0 Å². The summed E-state index contributed by atoms with van der Waals surface area (Å²) in [6.07, 6.45) is 7.33. The summed E-state index contributed by atoms with van der Waals surface area (Å²) in [6, 6.07) is 0. The van der Waals surface area contributed by atoms with Gasteiger partial charge in [0.25, 0.3) is 0 Å². The largest absolute Gasteiger partial charge is 0.481 e. The quantitative estimate of drug-likeness (QED) is 0.817. The second kappa shape index (κ2) is 5.04. The third-order valence-corrected chi connectivity index (χ3v) is 5.70. The summed E-state index contributed by atoms with van der Waals surface area (Å²) in [5, 5.41) is 9.79. The number of nitrogens with zero attached hydrogens (tertiary/aromatic N) is 2. The number of thioether (sulfide) groups is 1. The van der Waals surface area contributed by atoms with Crippen LogP contribution in [0.1, 0.15) is 52.1 Å². The van der Waals surface area contributed by atoms with E-state index in [1.807, 2.05) is 6.20 Å². The molecule has 1 N–H and O–H groups in total. The maximum Gasteiger partial charge on any atom is 0.313 e. The van der Waals surface area contributed by atoms with Gasteiger partial charge in [0.2, 0.25) is 0 Å². The van der Waals surface area contributed by atoms with Gasteiger partial charge in [-0.25, -0.2) is 4.98 Å². The number of carboxylic acid groups (broad SMARTS) is 1. The summed E-state index contributed by atoms with van der Waals surface area (Å²) < 4.78 is 2.30. The van der Waals surface area contributed by atoms with E-state index < -0.39 is 5.97 Å². The number of hydrogen-bond donors (Lipinski definition) is 1. The van der Waals surface area contributed by atoms with E-state index in [4.69, 9.17) is 5.11 Å². The zero-order chi connectivity index (χ0) is 15.3. The van der Waals surface area contributed by atoms with E-state index in [0.717, 1.165) is 17.6 Å². The van der Waals surface area contributed by atoms with Gasteiger partial charge in [0.15, 0.2) is 5.16 Å². The molecule has 116 valence electrons. The summed E-state index contributed by atoms with van der Waals surface area (Å²) in [5.41, 5.74) is 1.75. The maximum atomic E-state index is 10.8. The van der Waals surface area contributed by atoms with Crippen LogP contribution in [0.15, 0.2) is 11.4 Å². The van der Waals surface area contributed by atoms with Crippen molar-refractivity contribution in [2.75, 3.05) is 5.75 Å². The summed E-state index contributed by atoms with van der Waals surface area (Å²) in [6.45, 7) is 7.61. The fourth-order valence-corrected chi connectivity index (χ4v) is 3.92. The molecule has 4 nitrogen and oxygen atoms in total. The van der Waals surface area contributed by atoms with Crippen molar-refractivity contribution in [2.45, 2.75) is 63.6 Å². The molecule has 3 rings (SSSR count). The fraction of sp³-hybridized carbons (Fsp3) is 0.750. The van der Waals surface area contributed by atoms with E-state index in [2.05, 4.69) is 30.3 Å². The van der Waals surface area contributed by atoms with E-state index >= 15 is 0 Å². The Kier molecular flexibility index (Phi) is 3.59. The Bertz CT molecular complexity index is 551. The van der Waals surface area contributed by atoms with E-state index in [9.17, 15) is 4.79 Å². The maximum absolute atomic E-state index is 10.8. The summed E-state index contributed by atoms with van der Waals surface area (Å²) in [7, 11) is 0. The molecule has 0 aromatic carbocycles. The minimum Gasteiger partial charge on any atom is -0.481 e. The molecule has 2 aliphatic rings. The molecule has 2 saturated carbocycles. The Hall–Kier alpha value is -0.970. The SMILES string of the molecule is CC(C)(C)c1cnc(SCC(=O)O)n1CC1(C2CC2)CC1. The van der Waals surface area contributed by atoms with Gasteiger partial charge < -0.3 is 9.67 Å². The van der Waals surface area contributed by atoms with Crippen molar-refractivity contribution in [2.24, 2.45) is 11.3 Å². The van der Waals surface area contributed by atoms with Crippen molar-refractivity contribution in [1.29, 1.82) is 0 Å². The van der Waals surface area contributed by atoms with Gasteiger partial charge in [-0.15, -0.1) is 0 Å². The van der Waals surface area contributed by atoms with Gasteiger partial charge in [-0.2, -0.15) is 0 Å². The Morgan fingerprint density at radius 1 is 1.48 bits per heavy atom. The van der Waals surface area contributed by atoms with Gasteiger partial charge in [-0.05, 0) is 37.0 Å². The van der Waals surface area contributed by atoms with Crippen molar-refractivity contribution in [1.82, 2.24) is 9.55 Å². The lowest BCUT2D eigenvalue weighted by Crippen LogP contribution is -2.23. The van der Waals surface area contributed by atoms with Crippen LogP contribution in [0.25, 0.3) is 0 Å². The number of imidazole rings is 1. The average Bonchev–Trinajstić information content (AvgIpc) is 3.23. The second-order valence-electron chi connectivity index (χ2n) is 7.58. The summed E-state index contributed by atoms with van der Waals surface area (Å²) in [4.78, 5) is 15.4. The molecule has 1 heterocycles. The molecule has 1 aromatic heterocycles. The van der Waals surface area contributed by atoms with Crippen LogP contribution in [0.5, 0.6) is 0 Å². The first-order valence-electron chi connectivity index (χ1n) is 7.72. The fourth-order valence-electron chi connectivity index (χ4n) is 3.22. The average molecular weight is 308 g/mol. The van der Waals surface area contributed by atoms with Gasteiger partial charge in [-0.3, -0.25) is 4.79 Å². The van der Waals surface area contributed by atoms with Crippen LogP contribution in [0, 0.1) is 11.3 Å². The number of aliphatic carboxylic acids is 1. The van der Waals surface area contributed by atoms with Gasteiger partial charge in [0.05, 0.1) is 5.75 Å². The van der Waals surface area contributed by atoms with Gasteiger partial charge in [0.1, 0.15) is 0 Å². The first-order chi connectivity index (χ1) is 9.82. The van der Waals surface area contributed by atoms with Crippen molar-refractivity contribution in [3.63, 3.8) is 0 Å². The smallest absolute Gasteiger partial charge is 0.313 e. The van der Waals surface area contributed by atoms with Crippen molar-refractivity contribution >= 4 is 17.7 Å². The van der Waals surface area contributed by atoms with Crippen LogP contribution in [0.4, 0.5) is 0 Å². The molecule has 21 heavy (non-hydrogen) atoms. The lowest BCUT2D eigenvalue weighted by molar-refractivity contribution is -0.133. The van der Waals surface area contributed by atoms with Gasteiger partial charge >= 0.3 is 5.97 Å². The predicted octanol–water partition coefficient (Wildman–Crippen LogP) is 3.55. The molecule has 0 unspecified atom stereocenters. The van der Waals surface area contributed by atoms with E-state index in [1.165, 1.54) is 43.1 Å². The zero-order valence-electron chi connectivity index (χ0n) is 13.1. The lowest BCUT2D eigenvalue weighted by atomic mass is 9.92. The van der Waals surface area contributed by atoms with Crippen LogP contribution in [-0.4, -0.2) is 26.4 Å². The molecule has 1 aromatic rings. The minimum atomic E-state index is -0.782. The van der Waals surface area contributed by atoms with Gasteiger partial charge in [-0.1, -0.05) is 32.5 Å². The van der Waals surface area contributed by atoms with E-state index in [-0.39, 0.29) is 11.2 Å². The molecule has 0 amide bonds. The number of aromatic nitrogens is 2. The van der Waals surface area contributed by atoms with E-state index in [0.29, 0.717) is 5.41 Å². The molecule has 2 aliphatic carbocycles. The third kappa shape index (κ3) is 3.12. The molecule has 5 heteroatoms. The molecule has 2 fully saturated rings. The van der Waals surface area contributed by atoms with Crippen molar-refractivity contribution in [3.8, 4) is 0 Å². The summed E-state index contributed by atoms with van der Waals surface area (Å²) >= 11 is 1.34. The topological polar surface area (TPSA) is 55.1 Å². The standard InChI is InChI=1S/C16H24N2O2S/c1-15(2,3)12-8-17-14(21-9-13(19)20)18(12)10-16(6-7-16)11-4-5-11/h8,11H,4-7,9-10H2,1-3H3,(H,19,20). The molecular formula is C16H24N2O2S. The molecule has 0 aliphatic heterocycles. The Morgan fingerprint density at radius 2 is 2.14 bits per heavy atom. The highest BCUT2D eigenvalue weighted by Gasteiger charge is 2.54. The summed E-state index contributed by atoms with van der Waals surface area (Å²) in [5.74, 6) is 0.192. The van der Waals surface area contributed by atoms with Gasteiger partial charge in [0, 0.05) is 23.9 Å². The first kappa shape index (κ1) is 14.9. The second-order valence-corrected chi connectivity index (χ2v) is 8.52. The van der Waals surface area contributed by atoms with Crippen LogP contribution in [-0.2, 0) is 16.8 Å². The Balaban J connectivity index is 1.86. The van der Waals surface area contributed by atoms with Crippen LogP contribution < -0.4 is 0 Å². The number of carbonyl (C=O) groups is 1. The Labute approximate surface area is 130 Å². The van der Waals surface area contributed by atoms with Crippen molar-refractivity contribution in [3.05, 3.63) is 11.9 Å². The van der Waals surface area contributed by atoms with Crippen LogP contribution in [0.3, 0.4) is 0 Å². The van der Waals surface area contributed by atoms with Crippen LogP contribution >= 0.6 is 11.8 Å². The monoisotopic (exact) mass is 308 g/mol. The number of carboxylic acids is 1.